The quantitative estimate of drug-likeness (QED) is 0.0334. The van der Waals surface area contributed by atoms with E-state index in [2.05, 4.69) is 47.7 Å². The average Bonchev–Trinajstić information content (AvgIpc) is 3.28. The summed E-state index contributed by atoms with van der Waals surface area (Å²) in [6.45, 7) is 21.9. The van der Waals surface area contributed by atoms with Gasteiger partial charge in [-0.05, 0) is 42.5 Å². The van der Waals surface area contributed by atoms with Crippen LogP contribution in [-0.2, 0) is 37.6 Å². The molecule has 0 aliphatic rings. The third-order valence-corrected chi connectivity index (χ3v) is 19.7. The number of hydrogen-bond acceptors (Lipinski definition) is 10. The predicted molar refractivity (Wildman–Crippen MR) is 287 cm³/mol. The molecule has 0 radical (unpaired) electrons. The van der Waals surface area contributed by atoms with Gasteiger partial charge in [0.25, 0.3) is 0 Å². The molecule has 11 heteroatoms. The summed E-state index contributed by atoms with van der Waals surface area (Å²) in [5.41, 5.74) is 0. The molecule has 0 bridgehead atoms. The summed E-state index contributed by atoms with van der Waals surface area (Å²) in [5.74, 6) is 3.87. The van der Waals surface area contributed by atoms with Gasteiger partial charge in [0.15, 0.2) is 8.32 Å². The minimum absolute atomic E-state index is 0.0529. The maximum Gasteiger partial charge on any atom is 0.310 e. The molecule has 0 amide bonds. The van der Waals surface area contributed by atoms with E-state index in [4.69, 9.17) is 32.8 Å². The van der Waals surface area contributed by atoms with Crippen molar-refractivity contribution in [1.82, 2.24) is 0 Å². The highest BCUT2D eigenvalue weighted by Crippen LogP contribution is 2.36. The third-order valence-electron chi connectivity index (χ3n) is 12.7. The molecule has 0 unspecified atom stereocenters. The Labute approximate surface area is 414 Å². The molecular weight excluding hydrogens is 869 g/mol. The molecular formula is C54H110O8S2Si. The van der Waals surface area contributed by atoms with Crippen molar-refractivity contribution in [3.63, 3.8) is 0 Å². The second-order valence-corrected chi connectivity index (χ2v) is 27.0. The summed E-state index contributed by atoms with van der Waals surface area (Å²) in [5, 5.41) is 0.214. The van der Waals surface area contributed by atoms with Crippen LogP contribution in [0.4, 0.5) is 0 Å². The van der Waals surface area contributed by atoms with Crippen LogP contribution >= 0.6 is 23.5 Å². The van der Waals surface area contributed by atoms with Gasteiger partial charge in [0, 0.05) is 11.5 Å². The maximum atomic E-state index is 13.2. The number of carbonyl (C=O) groups is 1. The fourth-order valence-electron chi connectivity index (χ4n) is 7.31. The van der Waals surface area contributed by atoms with Crippen molar-refractivity contribution in [2.24, 2.45) is 5.92 Å². The van der Waals surface area contributed by atoms with E-state index in [0.717, 1.165) is 23.0 Å². The van der Waals surface area contributed by atoms with Crippen LogP contribution in [0.25, 0.3) is 0 Å². The molecule has 0 aromatic carbocycles. The van der Waals surface area contributed by atoms with Crippen molar-refractivity contribution in [2.45, 2.75) is 233 Å². The van der Waals surface area contributed by atoms with E-state index in [9.17, 15) is 4.79 Å². The van der Waals surface area contributed by atoms with Gasteiger partial charge in [0.05, 0.1) is 78.6 Å². The van der Waals surface area contributed by atoms with Gasteiger partial charge < -0.3 is 32.8 Å². The summed E-state index contributed by atoms with van der Waals surface area (Å²) in [6, 6.07) is 0. The number of carbonyl (C=O) groups excluding carboxylic acids is 1. The van der Waals surface area contributed by atoms with Crippen molar-refractivity contribution in [1.29, 1.82) is 0 Å². The predicted octanol–water partition coefficient (Wildman–Crippen LogP) is 15.7. The number of esters is 1. The van der Waals surface area contributed by atoms with E-state index in [1.165, 1.54) is 180 Å². The first-order chi connectivity index (χ1) is 31.7. The van der Waals surface area contributed by atoms with Crippen molar-refractivity contribution in [3.8, 4) is 0 Å². The van der Waals surface area contributed by atoms with Crippen molar-refractivity contribution >= 4 is 37.8 Å². The summed E-state index contributed by atoms with van der Waals surface area (Å²) in [6.07, 6.45) is 38.7. The van der Waals surface area contributed by atoms with Crippen molar-refractivity contribution in [2.75, 3.05) is 102 Å². The zero-order valence-electron chi connectivity index (χ0n) is 44.3. The molecule has 390 valence electrons. The van der Waals surface area contributed by atoms with Gasteiger partial charge in [0.1, 0.15) is 6.61 Å². The molecule has 0 aliphatic heterocycles. The standard InChI is InChI=1S/C54H110O8S2Si/c1-8-10-12-14-16-18-20-22-24-26-28-30-32-34-48-63-50-52(51-64-49-35-33-31-29-27-25-23-21-19-17-15-13-11-9-2)53(55)61-46-44-59-42-40-57-38-36-56-37-39-58-41-43-60-45-47-62-65(6,7)54(3,4)5/h52H,8-51H2,1-7H3. The number of unbranched alkanes of at least 4 members (excludes halogenated alkanes) is 26. The average molecular weight is 980 g/mol. The fourth-order valence-corrected chi connectivity index (χ4v) is 10.7. The van der Waals surface area contributed by atoms with Gasteiger partial charge in [-0.15, -0.1) is 0 Å². The Morgan fingerprint density at radius 2 is 0.662 bits per heavy atom. The molecule has 0 saturated carbocycles. The molecule has 0 fully saturated rings. The number of rotatable bonds is 54. The van der Waals surface area contributed by atoms with Gasteiger partial charge in [-0.3, -0.25) is 4.79 Å². The molecule has 0 N–H and O–H groups in total. The van der Waals surface area contributed by atoms with Crippen LogP contribution in [0.2, 0.25) is 18.1 Å². The Balaban J connectivity index is 4.08. The van der Waals surface area contributed by atoms with E-state index in [0.29, 0.717) is 79.3 Å². The molecule has 0 aromatic rings. The van der Waals surface area contributed by atoms with Crippen LogP contribution in [0.15, 0.2) is 0 Å². The fraction of sp³-hybridized carbons (Fsp3) is 0.981. The smallest absolute Gasteiger partial charge is 0.310 e. The minimum Gasteiger partial charge on any atom is -0.463 e. The molecule has 65 heavy (non-hydrogen) atoms. The number of thioether (sulfide) groups is 2. The SMILES string of the molecule is CCCCCCCCCCCCCCCCSCC(CSCCCCCCCCCCCCCCCC)C(=O)OCCOCCOCCOCCOCCOCCO[Si](C)(C)C(C)(C)C. The third kappa shape index (κ3) is 47.6. The maximum absolute atomic E-state index is 13.2. The first-order valence-electron chi connectivity index (χ1n) is 27.5. The van der Waals surface area contributed by atoms with Crippen molar-refractivity contribution in [3.05, 3.63) is 0 Å². The summed E-state index contributed by atoms with van der Waals surface area (Å²) < 4.78 is 40.0. The molecule has 0 spiro atoms. The topological polar surface area (TPSA) is 81.7 Å². The number of hydrogen-bond donors (Lipinski definition) is 0. The van der Waals surface area contributed by atoms with E-state index in [1.807, 2.05) is 23.5 Å². The van der Waals surface area contributed by atoms with Crippen LogP contribution in [0.3, 0.4) is 0 Å². The highest BCUT2D eigenvalue weighted by molar-refractivity contribution is 8.00. The van der Waals surface area contributed by atoms with Gasteiger partial charge in [-0.25, -0.2) is 0 Å². The van der Waals surface area contributed by atoms with E-state index < -0.39 is 8.32 Å². The zero-order valence-corrected chi connectivity index (χ0v) is 46.9. The largest absolute Gasteiger partial charge is 0.463 e. The normalized spacial score (nSPS) is 12.2. The molecule has 0 aromatic heterocycles. The Morgan fingerprint density at radius 3 is 0.954 bits per heavy atom. The van der Waals surface area contributed by atoms with Crippen molar-refractivity contribution < 1.29 is 37.6 Å². The monoisotopic (exact) mass is 979 g/mol. The molecule has 8 nitrogen and oxygen atoms in total. The minimum atomic E-state index is -1.71. The lowest BCUT2D eigenvalue weighted by atomic mass is 10.0. The molecule has 0 heterocycles. The van der Waals surface area contributed by atoms with Crippen LogP contribution in [-0.4, -0.2) is 117 Å². The Bertz CT molecular complexity index is 920. The van der Waals surface area contributed by atoms with Crippen LogP contribution in [0.1, 0.15) is 214 Å². The summed E-state index contributed by atoms with van der Waals surface area (Å²) in [7, 11) is -1.71. The Kier molecular flexibility index (Phi) is 50.6. The first-order valence-corrected chi connectivity index (χ1v) is 32.7. The van der Waals surface area contributed by atoms with Gasteiger partial charge in [0.2, 0.25) is 0 Å². The first kappa shape index (κ1) is 65.1. The zero-order chi connectivity index (χ0) is 47.6. The van der Waals surface area contributed by atoms with E-state index in [-0.39, 0.29) is 16.9 Å². The van der Waals surface area contributed by atoms with Crippen LogP contribution < -0.4 is 0 Å². The lowest BCUT2D eigenvalue weighted by molar-refractivity contribution is -0.148. The molecule has 0 aliphatic carbocycles. The Hall–Kier alpha value is 0.147. The lowest BCUT2D eigenvalue weighted by Crippen LogP contribution is -2.41. The summed E-state index contributed by atoms with van der Waals surface area (Å²) >= 11 is 3.88. The second kappa shape index (κ2) is 50.5. The molecule has 0 saturated heterocycles. The second-order valence-electron chi connectivity index (χ2n) is 19.9. The Morgan fingerprint density at radius 1 is 0.400 bits per heavy atom. The summed E-state index contributed by atoms with van der Waals surface area (Å²) in [4.78, 5) is 13.2. The molecule has 0 rings (SSSR count). The van der Waals surface area contributed by atoms with Crippen LogP contribution in [0.5, 0.6) is 0 Å². The lowest BCUT2D eigenvalue weighted by Gasteiger charge is -2.36. The molecule has 0 atom stereocenters. The highest BCUT2D eigenvalue weighted by Gasteiger charge is 2.36. The van der Waals surface area contributed by atoms with E-state index in [1.54, 1.807) is 0 Å². The van der Waals surface area contributed by atoms with Gasteiger partial charge >= 0.3 is 5.97 Å². The van der Waals surface area contributed by atoms with Crippen LogP contribution in [0, 0.1) is 5.92 Å². The van der Waals surface area contributed by atoms with E-state index >= 15 is 0 Å². The highest BCUT2D eigenvalue weighted by atomic mass is 32.2. The van der Waals surface area contributed by atoms with Gasteiger partial charge in [-0.2, -0.15) is 23.5 Å². The number of ether oxygens (including phenoxy) is 6. The van der Waals surface area contributed by atoms with Gasteiger partial charge in [-0.1, -0.05) is 202 Å².